The lowest BCUT2D eigenvalue weighted by atomic mass is 9.80. The quantitative estimate of drug-likeness (QED) is 0.166. The van der Waals surface area contributed by atoms with Crippen LogP contribution in [-0.2, 0) is 5.41 Å². The molecule has 0 spiro atoms. The first-order valence-electron chi connectivity index (χ1n) is 19.6. The number of benzene rings is 10. The molecule has 0 aliphatic heterocycles. The molecule has 0 radical (unpaired) electrons. The Bertz CT molecular complexity index is 3380. The van der Waals surface area contributed by atoms with E-state index in [1.807, 2.05) is 6.07 Å². The van der Waals surface area contributed by atoms with Crippen molar-refractivity contribution in [3.05, 3.63) is 193 Å². The highest BCUT2D eigenvalue weighted by atomic mass is 16.3. The minimum absolute atomic E-state index is 0.136. The Morgan fingerprint density at radius 3 is 1.61 bits per heavy atom. The Morgan fingerprint density at radius 2 is 0.893 bits per heavy atom. The van der Waals surface area contributed by atoms with Gasteiger partial charge < -0.3 is 4.42 Å². The van der Waals surface area contributed by atoms with Gasteiger partial charge in [0.15, 0.2) is 0 Å². The molecule has 0 saturated carbocycles. The molecule has 1 aliphatic rings. The predicted molar refractivity (Wildman–Crippen MR) is 238 cm³/mol. The Kier molecular flexibility index (Phi) is 6.46. The SMILES string of the molecule is CC1(C)c2ccc(-c3ccc4cc(-c5c6ccccc6c(-c6ccccc6)c6ccccc56)ccc4c3)cc2-c2ccc3cc4oc5ccccc5c4cc3c21. The maximum Gasteiger partial charge on any atom is 0.136 e. The van der Waals surface area contributed by atoms with Gasteiger partial charge in [-0.15, -0.1) is 0 Å². The lowest BCUT2D eigenvalue weighted by molar-refractivity contribution is 0.665. The first kappa shape index (κ1) is 31.4. The maximum absolute atomic E-state index is 6.27. The van der Waals surface area contributed by atoms with Crippen LogP contribution in [0, 0.1) is 0 Å². The lowest BCUT2D eigenvalue weighted by Crippen LogP contribution is -2.15. The van der Waals surface area contributed by atoms with Crippen LogP contribution >= 0.6 is 0 Å². The van der Waals surface area contributed by atoms with E-state index >= 15 is 0 Å². The molecule has 1 aromatic heterocycles. The Balaban J connectivity index is 0.974. The van der Waals surface area contributed by atoms with Gasteiger partial charge in [0.2, 0.25) is 0 Å². The monoisotopic (exact) mass is 712 g/mol. The van der Waals surface area contributed by atoms with Crippen molar-refractivity contribution >= 4 is 65.0 Å². The number of hydrogen-bond donors (Lipinski definition) is 0. The lowest BCUT2D eigenvalue weighted by Gasteiger charge is -2.23. The highest BCUT2D eigenvalue weighted by Crippen LogP contribution is 2.53. The average Bonchev–Trinajstić information content (AvgIpc) is 3.72. The van der Waals surface area contributed by atoms with E-state index in [2.05, 4.69) is 190 Å². The Morgan fingerprint density at radius 1 is 0.339 bits per heavy atom. The highest BCUT2D eigenvalue weighted by molar-refractivity contribution is 6.22. The zero-order valence-corrected chi connectivity index (χ0v) is 31.2. The number of hydrogen-bond acceptors (Lipinski definition) is 1. The van der Waals surface area contributed by atoms with E-state index in [4.69, 9.17) is 4.42 Å². The third-order valence-corrected chi connectivity index (χ3v) is 12.6. The third-order valence-electron chi connectivity index (χ3n) is 12.6. The zero-order valence-electron chi connectivity index (χ0n) is 31.2. The van der Waals surface area contributed by atoms with Crippen molar-refractivity contribution in [3.8, 4) is 44.5 Å². The predicted octanol–water partition coefficient (Wildman–Crippen LogP) is 15.5. The van der Waals surface area contributed by atoms with E-state index in [9.17, 15) is 0 Å². The van der Waals surface area contributed by atoms with Crippen LogP contribution in [0.1, 0.15) is 25.0 Å². The van der Waals surface area contributed by atoms with Crippen LogP contribution in [0.25, 0.3) is 110 Å². The van der Waals surface area contributed by atoms with Crippen molar-refractivity contribution in [2.45, 2.75) is 19.3 Å². The van der Waals surface area contributed by atoms with E-state index in [1.165, 1.54) is 109 Å². The van der Waals surface area contributed by atoms with E-state index in [0.29, 0.717) is 0 Å². The second-order valence-corrected chi connectivity index (χ2v) is 16.0. The fourth-order valence-corrected chi connectivity index (χ4v) is 10.0. The zero-order chi connectivity index (χ0) is 37.1. The molecule has 0 unspecified atom stereocenters. The second kappa shape index (κ2) is 11.5. The summed E-state index contributed by atoms with van der Waals surface area (Å²) in [6.07, 6.45) is 0. The van der Waals surface area contributed by atoms with Gasteiger partial charge in [0, 0.05) is 16.2 Å². The van der Waals surface area contributed by atoms with Crippen molar-refractivity contribution in [2.24, 2.45) is 0 Å². The molecule has 0 fully saturated rings. The van der Waals surface area contributed by atoms with Crippen LogP contribution in [0.2, 0.25) is 0 Å². The summed E-state index contributed by atoms with van der Waals surface area (Å²) in [7, 11) is 0. The van der Waals surface area contributed by atoms with E-state index in [1.54, 1.807) is 0 Å². The normalized spacial score (nSPS) is 13.3. The molecule has 1 heteroatoms. The molecule has 0 amide bonds. The number of rotatable bonds is 3. The summed E-state index contributed by atoms with van der Waals surface area (Å²) in [4.78, 5) is 0. The van der Waals surface area contributed by atoms with Crippen LogP contribution in [0.15, 0.2) is 186 Å². The van der Waals surface area contributed by atoms with Crippen LogP contribution in [0.5, 0.6) is 0 Å². The van der Waals surface area contributed by atoms with Crippen molar-refractivity contribution in [1.82, 2.24) is 0 Å². The van der Waals surface area contributed by atoms with Crippen LogP contribution in [0.4, 0.5) is 0 Å². The highest BCUT2D eigenvalue weighted by Gasteiger charge is 2.37. The molecule has 0 atom stereocenters. The first-order valence-corrected chi connectivity index (χ1v) is 19.6. The van der Waals surface area contributed by atoms with Crippen LogP contribution in [0.3, 0.4) is 0 Å². The summed E-state index contributed by atoms with van der Waals surface area (Å²) in [5.74, 6) is 0. The van der Waals surface area contributed by atoms with Gasteiger partial charge in [0.05, 0.1) is 0 Å². The van der Waals surface area contributed by atoms with Gasteiger partial charge in [-0.2, -0.15) is 0 Å². The van der Waals surface area contributed by atoms with Crippen molar-refractivity contribution in [1.29, 1.82) is 0 Å². The van der Waals surface area contributed by atoms with Gasteiger partial charge in [-0.25, -0.2) is 0 Å². The van der Waals surface area contributed by atoms with E-state index < -0.39 is 0 Å². The molecule has 56 heavy (non-hydrogen) atoms. The Hall–Kier alpha value is -6.96. The fraction of sp³-hybridized carbons (Fsp3) is 0.0545. The van der Waals surface area contributed by atoms with Gasteiger partial charge in [0.25, 0.3) is 0 Å². The van der Waals surface area contributed by atoms with Gasteiger partial charge in [-0.05, 0) is 135 Å². The summed E-state index contributed by atoms with van der Waals surface area (Å²) < 4.78 is 6.27. The second-order valence-electron chi connectivity index (χ2n) is 16.0. The van der Waals surface area contributed by atoms with E-state index in [-0.39, 0.29) is 5.41 Å². The van der Waals surface area contributed by atoms with Gasteiger partial charge in [0.1, 0.15) is 11.2 Å². The summed E-state index contributed by atoms with van der Waals surface area (Å²) >= 11 is 0. The van der Waals surface area contributed by atoms with Crippen LogP contribution in [-0.4, -0.2) is 0 Å². The van der Waals surface area contributed by atoms with Gasteiger partial charge in [-0.1, -0.05) is 159 Å². The number of fused-ring (bicyclic) bond motifs is 11. The smallest absolute Gasteiger partial charge is 0.136 e. The van der Waals surface area contributed by atoms with Crippen molar-refractivity contribution in [3.63, 3.8) is 0 Å². The summed E-state index contributed by atoms with van der Waals surface area (Å²) in [6, 6.07) is 67.2. The largest absolute Gasteiger partial charge is 0.456 e. The molecule has 10 aromatic carbocycles. The standard InChI is InChI=1S/C55H36O/c1-55(2)49-27-25-37(30-47(49)45-26-24-38-31-51-48(32-46(38)54(45)55)40-14-10-11-19-50(40)56-51)35-20-21-36-29-39(23-22-34(36)28-35)53-43-17-8-6-15-41(43)52(33-12-4-3-5-13-33)42-16-7-9-18-44(42)53/h3-32H,1-2H3. The van der Waals surface area contributed by atoms with Gasteiger partial charge >= 0.3 is 0 Å². The van der Waals surface area contributed by atoms with E-state index in [0.717, 1.165) is 11.2 Å². The molecule has 0 N–H and O–H groups in total. The Labute approximate surface area is 325 Å². The molecule has 262 valence electrons. The van der Waals surface area contributed by atoms with Gasteiger partial charge in [-0.3, -0.25) is 0 Å². The molecule has 0 bridgehead atoms. The molecule has 1 heterocycles. The topological polar surface area (TPSA) is 13.1 Å². The minimum atomic E-state index is -0.136. The first-order chi connectivity index (χ1) is 27.5. The summed E-state index contributed by atoms with van der Waals surface area (Å²) in [5.41, 5.74) is 14.7. The minimum Gasteiger partial charge on any atom is -0.456 e. The summed E-state index contributed by atoms with van der Waals surface area (Å²) in [5, 5.41) is 12.5. The maximum atomic E-state index is 6.27. The molecular formula is C55H36O. The molecule has 1 aliphatic carbocycles. The van der Waals surface area contributed by atoms with Crippen LogP contribution < -0.4 is 0 Å². The van der Waals surface area contributed by atoms with Crippen molar-refractivity contribution < 1.29 is 4.42 Å². The molecule has 0 saturated heterocycles. The molecule has 11 aromatic rings. The molecular weight excluding hydrogens is 677 g/mol. The number of para-hydroxylation sites is 1. The number of furan rings is 1. The molecule has 1 nitrogen and oxygen atoms in total. The van der Waals surface area contributed by atoms with Crippen molar-refractivity contribution in [2.75, 3.05) is 0 Å². The fourth-order valence-electron chi connectivity index (χ4n) is 10.0. The average molecular weight is 713 g/mol. The third kappa shape index (κ3) is 4.43. The molecule has 12 rings (SSSR count). The summed E-state index contributed by atoms with van der Waals surface area (Å²) in [6.45, 7) is 4.76.